The maximum absolute atomic E-state index is 4.52. The zero-order valence-corrected chi connectivity index (χ0v) is 12.1. The van der Waals surface area contributed by atoms with Crippen molar-refractivity contribution in [2.45, 2.75) is 32.7 Å². The van der Waals surface area contributed by atoms with Gasteiger partial charge in [-0.2, -0.15) is 0 Å². The van der Waals surface area contributed by atoms with Crippen LogP contribution in [0.15, 0.2) is 24.5 Å². The molecule has 0 unspecified atom stereocenters. The molecule has 2 aromatic rings. The molecule has 0 N–H and O–H groups in total. The van der Waals surface area contributed by atoms with Crippen molar-refractivity contribution in [3.63, 3.8) is 0 Å². The molecule has 0 fully saturated rings. The van der Waals surface area contributed by atoms with Crippen LogP contribution in [-0.2, 0) is 12.0 Å². The van der Waals surface area contributed by atoms with Gasteiger partial charge >= 0.3 is 0 Å². The van der Waals surface area contributed by atoms with Gasteiger partial charge in [-0.3, -0.25) is 0 Å². The van der Waals surface area contributed by atoms with Crippen molar-refractivity contribution in [2.75, 3.05) is 20.6 Å². The summed E-state index contributed by atoms with van der Waals surface area (Å²) in [5.41, 5.74) is 3.85. The molecule has 0 saturated heterocycles. The van der Waals surface area contributed by atoms with Crippen LogP contribution in [0.4, 0.5) is 0 Å². The minimum absolute atomic E-state index is 0.182. The SMILES string of the molecule is CN(C)CCn1cnc2cc(C(C)(C)C)ccc21. The number of nitrogens with zero attached hydrogens (tertiary/aromatic N) is 3. The zero-order valence-electron chi connectivity index (χ0n) is 12.1. The minimum Gasteiger partial charge on any atom is -0.329 e. The van der Waals surface area contributed by atoms with E-state index in [1.165, 1.54) is 11.1 Å². The lowest BCUT2D eigenvalue weighted by molar-refractivity contribution is 0.386. The predicted octanol–water partition coefficient (Wildman–Crippen LogP) is 2.90. The Bertz CT molecular complexity index is 532. The molecule has 3 heteroatoms. The van der Waals surface area contributed by atoms with Crippen LogP contribution in [0.2, 0.25) is 0 Å². The third-order valence-corrected chi connectivity index (χ3v) is 3.28. The molecule has 0 spiro atoms. The molecular weight excluding hydrogens is 222 g/mol. The number of hydrogen-bond acceptors (Lipinski definition) is 2. The molecule has 0 aliphatic carbocycles. The summed E-state index contributed by atoms with van der Waals surface area (Å²) in [7, 11) is 4.19. The molecule has 18 heavy (non-hydrogen) atoms. The summed E-state index contributed by atoms with van der Waals surface area (Å²) in [6.45, 7) is 8.72. The molecule has 0 saturated carbocycles. The number of rotatable bonds is 3. The molecule has 0 radical (unpaired) electrons. The first-order valence-corrected chi connectivity index (χ1v) is 6.48. The number of aromatic nitrogens is 2. The van der Waals surface area contributed by atoms with Crippen LogP contribution in [0.5, 0.6) is 0 Å². The largest absolute Gasteiger partial charge is 0.329 e. The molecule has 0 bridgehead atoms. The molecule has 1 aromatic heterocycles. The van der Waals surface area contributed by atoms with Crippen LogP contribution in [0, 0.1) is 0 Å². The number of likely N-dealkylation sites (N-methyl/N-ethyl adjacent to an activating group) is 1. The topological polar surface area (TPSA) is 21.1 Å². The standard InChI is InChI=1S/C15H23N3/c1-15(2,3)12-6-7-14-13(10-12)16-11-18(14)9-8-17(4)5/h6-7,10-11H,8-9H2,1-5H3. The highest BCUT2D eigenvalue weighted by Crippen LogP contribution is 2.25. The molecule has 2 rings (SSSR count). The fourth-order valence-electron chi connectivity index (χ4n) is 2.02. The highest BCUT2D eigenvalue weighted by Gasteiger charge is 2.14. The van der Waals surface area contributed by atoms with Crippen molar-refractivity contribution in [3.05, 3.63) is 30.1 Å². The van der Waals surface area contributed by atoms with Gasteiger partial charge in [-0.25, -0.2) is 4.98 Å². The number of imidazole rings is 1. The molecule has 0 aliphatic rings. The first kappa shape index (κ1) is 13.1. The predicted molar refractivity (Wildman–Crippen MR) is 77.0 cm³/mol. The average molecular weight is 245 g/mol. The van der Waals surface area contributed by atoms with Crippen molar-refractivity contribution < 1.29 is 0 Å². The second-order valence-electron chi connectivity index (χ2n) is 6.19. The van der Waals surface area contributed by atoms with E-state index in [0.29, 0.717) is 0 Å². The quantitative estimate of drug-likeness (QED) is 0.829. The third-order valence-electron chi connectivity index (χ3n) is 3.28. The Balaban J connectivity index is 2.32. The third kappa shape index (κ3) is 2.72. The maximum atomic E-state index is 4.52. The Labute approximate surface area is 109 Å². The normalized spacial score (nSPS) is 12.6. The van der Waals surface area contributed by atoms with Crippen molar-refractivity contribution >= 4 is 11.0 Å². The Hall–Kier alpha value is -1.35. The lowest BCUT2D eigenvalue weighted by Crippen LogP contribution is -2.18. The van der Waals surface area contributed by atoms with Gasteiger partial charge in [0, 0.05) is 13.1 Å². The fourth-order valence-corrected chi connectivity index (χ4v) is 2.02. The minimum atomic E-state index is 0.182. The zero-order chi connectivity index (χ0) is 13.3. The summed E-state index contributed by atoms with van der Waals surface area (Å²) < 4.78 is 2.22. The van der Waals surface area contributed by atoms with Crippen LogP contribution >= 0.6 is 0 Å². The number of benzene rings is 1. The molecule has 1 aromatic carbocycles. The molecule has 3 nitrogen and oxygen atoms in total. The monoisotopic (exact) mass is 245 g/mol. The van der Waals surface area contributed by atoms with E-state index in [2.05, 4.69) is 67.5 Å². The number of fused-ring (bicyclic) bond motifs is 1. The highest BCUT2D eigenvalue weighted by atomic mass is 15.1. The van der Waals surface area contributed by atoms with Crippen molar-refractivity contribution in [3.8, 4) is 0 Å². The Morgan fingerprint density at radius 2 is 1.94 bits per heavy atom. The van der Waals surface area contributed by atoms with Crippen LogP contribution in [-0.4, -0.2) is 35.1 Å². The molecule has 0 amide bonds. The highest BCUT2D eigenvalue weighted by molar-refractivity contribution is 5.76. The van der Waals surface area contributed by atoms with E-state index in [9.17, 15) is 0 Å². The first-order chi connectivity index (χ1) is 8.38. The molecule has 98 valence electrons. The lowest BCUT2D eigenvalue weighted by atomic mass is 9.87. The van der Waals surface area contributed by atoms with E-state index >= 15 is 0 Å². The van der Waals surface area contributed by atoms with Gasteiger partial charge in [0.25, 0.3) is 0 Å². The summed E-state index contributed by atoms with van der Waals surface area (Å²) in [6.07, 6.45) is 1.95. The van der Waals surface area contributed by atoms with Gasteiger partial charge in [0.1, 0.15) is 0 Å². The molecule has 1 heterocycles. The first-order valence-electron chi connectivity index (χ1n) is 6.48. The van der Waals surface area contributed by atoms with Gasteiger partial charge in [0.05, 0.1) is 17.4 Å². The van der Waals surface area contributed by atoms with Gasteiger partial charge in [-0.1, -0.05) is 26.8 Å². The summed E-state index contributed by atoms with van der Waals surface area (Å²) in [6, 6.07) is 6.62. The van der Waals surface area contributed by atoms with E-state index < -0.39 is 0 Å². The second kappa shape index (κ2) is 4.73. The van der Waals surface area contributed by atoms with E-state index in [-0.39, 0.29) is 5.41 Å². The van der Waals surface area contributed by atoms with E-state index in [1.807, 2.05) is 6.33 Å². The van der Waals surface area contributed by atoms with E-state index in [1.54, 1.807) is 0 Å². The summed E-state index contributed by atoms with van der Waals surface area (Å²) in [5, 5.41) is 0. The van der Waals surface area contributed by atoms with Gasteiger partial charge in [0.15, 0.2) is 0 Å². The van der Waals surface area contributed by atoms with E-state index in [0.717, 1.165) is 18.6 Å². The van der Waals surface area contributed by atoms with Crippen LogP contribution in [0.25, 0.3) is 11.0 Å². The summed E-state index contributed by atoms with van der Waals surface area (Å²) >= 11 is 0. The smallest absolute Gasteiger partial charge is 0.0958 e. The van der Waals surface area contributed by atoms with Crippen molar-refractivity contribution in [2.24, 2.45) is 0 Å². The summed E-state index contributed by atoms with van der Waals surface area (Å²) in [4.78, 5) is 6.71. The van der Waals surface area contributed by atoms with Crippen LogP contribution in [0.1, 0.15) is 26.3 Å². The molecular formula is C15H23N3. The summed E-state index contributed by atoms with van der Waals surface area (Å²) in [5.74, 6) is 0. The Morgan fingerprint density at radius 1 is 1.22 bits per heavy atom. The molecule has 0 aliphatic heterocycles. The van der Waals surface area contributed by atoms with Gasteiger partial charge in [-0.05, 0) is 37.2 Å². The van der Waals surface area contributed by atoms with Gasteiger partial charge in [0.2, 0.25) is 0 Å². The van der Waals surface area contributed by atoms with Crippen LogP contribution < -0.4 is 0 Å². The number of hydrogen-bond donors (Lipinski definition) is 0. The van der Waals surface area contributed by atoms with E-state index in [4.69, 9.17) is 0 Å². The second-order valence-corrected chi connectivity index (χ2v) is 6.19. The van der Waals surface area contributed by atoms with Crippen LogP contribution in [0.3, 0.4) is 0 Å². The van der Waals surface area contributed by atoms with Crippen molar-refractivity contribution in [1.29, 1.82) is 0 Å². The van der Waals surface area contributed by atoms with Gasteiger partial charge in [-0.15, -0.1) is 0 Å². The van der Waals surface area contributed by atoms with Crippen molar-refractivity contribution in [1.82, 2.24) is 14.5 Å². The van der Waals surface area contributed by atoms with Gasteiger partial charge < -0.3 is 9.47 Å². The molecule has 0 atom stereocenters. The Kier molecular flexibility index (Phi) is 3.44. The Morgan fingerprint density at radius 3 is 2.56 bits per heavy atom. The lowest BCUT2D eigenvalue weighted by Gasteiger charge is -2.18. The maximum Gasteiger partial charge on any atom is 0.0958 e. The average Bonchev–Trinajstić information content (AvgIpc) is 2.67. The fraction of sp³-hybridized carbons (Fsp3) is 0.533.